The van der Waals surface area contributed by atoms with Crippen molar-refractivity contribution in [3.63, 3.8) is 0 Å². The van der Waals surface area contributed by atoms with Crippen LogP contribution < -0.4 is 10.6 Å². The van der Waals surface area contributed by atoms with Crippen LogP contribution in [0.15, 0.2) is 30.3 Å². The fraction of sp³-hybridized carbons (Fsp3) is 0.562. The minimum absolute atomic E-state index is 0. The Morgan fingerprint density at radius 3 is 2.65 bits per heavy atom. The lowest BCUT2D eigenvalue weighted by Crippen LogP contribution is -2.53. The van der Waals surface area contributed by atoms with Gasteiger partial charge in [-0.2, -0.15) is 0 Å². The van der Waals surface area contributed by atoms with Crippen molar-refractivity contribution in [3.8, 4) is 0 Å². The summed E-state index contributed by atoms with van der Waals surface area (Å²) in [6, 6.07) is 9.96. The van der Waals surface area contributed by atoms with Crippen molar-refractivity contribution < 1.29 is 9.53 Å². The van der Waals surface area contributed by atoms with Gasteiger partial charge in [0.25, 0.3) is 0 Å². The quantitative estimate of drug-likeness (QED) is 0.868. The van der Waals surface area contributed by atoms with Crippen molar-refractivity contribution in [2.75, 3.05) is 38.8 Å². The molecule has 0 bridgehead atoms. The molecular formula is C16H27Cl2N3O2. The predicted molar refractivity (Wildman–Crippen MR) is 98.8 cm³/mol. The number of ether oxygens (including phenoxy) is 1. The number of nitrogens with zero attached hydrogens (tertiary/aromatic N) is 2. The molecule has 1 aliphatic rings. The first kappa shape index (κ1) is 22.0. The maximum atomic E-state index is 12.3. The molecule has 5 nitrogen and oxygen atoms in total. The molecule has 0 radical (unpaired) electrons. The van der Waals surface area contributed by atoms with Gasteiger partial charge in [-0.1, -0.05) is 18.2 Å². The summed E-state index contributed by atoms with van der Waals surface area (Å²) in [5.41, 5.74) is 7.06. The first-order valence-electron chi connectivity index (χ1n) is 7.44. The molecule has 2 N–H and O–H groups in total. The summed E-state index contributed by atoms with van der Waals surface area (Å²) in [5.74, 6) is -0.0447. The van der Waals surface area contributed by atoms with Crippen LogP contribution in [0.5, 0.6) is 0 Å². The number of hydrogen-bond acceptors (Lipinski definition) is 4. The van der Waals surface area contributed by atoms with Gasteiger partial charge in [-0.05, 0) is 25.0 Å². The second-order valence-corrected chi connectivity index (χ2v) is 5.59. The van der Waals surface area contributed by atoms with Gasteiger partial charge in [-0.25, -0.2) is 0 Å². The van der Waals surface area contributed by atoms with Crippen molar-refractivity contribution in [1.29, 1.82) is 0 Å². The van der Waals surface area contributed by atoms with Crippen molar-refractivity contribution in [2.24, 2.45) is 5.73 Å². The Bertz CT molecular complexity index is 462. The van der Waals surface area contributed by atoms with Crippen molar-refractivity contribution in [2.45, 2.75) is 24.9 Å². The van der Waals surface area contributed by atoms with Crippen molar-refractivity contribution in [1.82, 2.24) is 4.90 Å². The number of halogens is 2. The second kappa shape index (κ2) is 10.7. The monoisotopic (exact) mass is 363 g/mol. The van der Waals surface area contributed by atoms with Gasteiger partial charge < -0.3 is 20.3 Å². The minimum atomic E-state index is -0.577. The molecule has 1 fully saturated rings. The maximum absolute atomic E-state index is 12.3. The van der Waals surface area contributed by atoms with E-state index >= 15 is 0 Å². The fourth-order valence-corrected chi connectivity index (χ4v) is 2.84. The number of likely N-dealkylation sites (N-methyl/N-ethyl adjacent to an activating group) is 1. The molecule has 23 heavy (non-hydrogen) atoms. The number of nitrogens with two attached hydrogens (primary N) is 1. The number of para-hydroxylation sites is 1. The van der Waals surface area contributed by atoms with Gasteiger partial charge in [0.1, 0.15) is 6.04 Å². The summed E-state index contributed by atoms with van der Waals surface area (Å²) >= 11 is 0. The van der Waals surface area contributed by atoms with Crippen LogP contribution in [0.3, 0.4) is 0 Å². The Kier molecular flexibility index (Phi) is 10.2. The summed E-state index contributed by atoms with van der Waals surface area (Å²) in [4.78, 5) is 16.4. The summed E-state index contributed by atoms with van der Waals surface area (Å²) in [6.45, 7) is 2.15. The molecule has 0 aliphatic carbocycles. The molecule has 1 aromatic carbocycles. The van der Waals surface area contributed by atoms with E-state index in [1.165, 1.54) is 5.69 Å². The smallest absolute Gasteiger partial charge is 0.241 e. The van der Waals surface area contributed by atoms with Crippen LogP contribution in [0.4, 0.5) is 5.69 Å². The number of piperidine rings is 1. The molecule has 1 aromatic rings. The third-order valence-electron chi connectivity index (χ3n) is 4.08. The Morgan fingerprint density at radius 1 is 1.39 bits per heavy atom. The Labute approximate surface area is 151 Å². The van der Waals surface area contributed by atoms with E-state index in [1.54, 1.807) is 12.0 Å². The normalized spacial score (nSPS) is 18.4. The summed E-state index contributed by atoms with van der Waals surface area (Å²) in [7, 11) is 3.40. The van der Waals surface area contributed by atoms with Gasteiger partial charge in [0, 0.05) is 39.0 Å². The highest BCUT2D eigenvalue weighted by atomic mass is 35.5. The number of benzene rings is 1. The molecule has 1 heterocycles. The molecule has 1 amide bonds. The SMILES string of the molecule is COCC(N)C(=O)N(C)C1CCCN(c2ccccc2)C1.Cl.Cl. The molecule has 0 aromatic heterocycles. The average Bonchev–Trinajstić information content (AvgIpc) is 2.54. The standard InChI is InChI=1S/C16H25N3O2.2ClH/c1-18(16(20)15(17)12-21-2)14-9-6-10-19(11-14)13-7-4-3-5-8-13;;/h3-5,7-8,14-15H,6,9-12,17H2,1-2H3;2*1H. The van der Waals surface area contributed by atoms with Crippen LogP contribution in [0.1, 0.15) is 12.8 Å². The van der Waals surface area contributed by atoms with Gasteiger partial charge >= 0.3 is 0 Å². The van der Waals surface area contributed by atoms with E-state index in [0.717, 1.165) is 25.9 Å². The Hall–Kier alpha value is -1.01. The number of carbonyl (C=O) groups excluding carboxylic acids is 1. The number of hydrogen-bond donors (Lipinski definition) is 1. The zero-order chi connectivity index (χ0) is 15.2. The molecule has 2 unspecified atom stereocenters. The zero-order valence-electron chi connectivity index (χ0n) is 13.7. The minimum Gasteiger partial charge on any atom is -0.383 e. The van der Waals surface area contributed by atoms with Gasteiger partial charge in [0.2, 0.25) is 5.91 Å². The van der Waals surface area contributed by atoms with E-state index < -0.39 is 6.04 Å². The summed E-state index contributed by atoms with van der Waals surface area (Å²) in [6.07, 6.45) is 2.10. The van der Waals surface area contributed by atoms with E-state index in [1.807, 2.05) is 25.2 Å². The number of rotatable bonds is 5. The summed E-state index contributed by atoms with van der Waals surface area (Å²) < 4.78 is 4.97. The molecule has 1 saturated heterocycles. The highest BCUT2D eigenvalue weighted by Crippen LogP contribution is 2.21. The molecule has 2 rings (SSSR count). The topological polar surface area (TPSA) is 58.8 Å². The zero-order valence-corrected chi connectivity index (χ0v) is 15.3. The number of anilines is 1. The van der Waals surface area contributed by atoms with Gasteiger partial charge in [0.15, 0.2) is 0 Å². The molecule has 2 atom stereocenters. The first-order valence-corrected chi connectivity index (χ1v) is 7.44. The lowest BCUT2D eigenvalue weighted by Gasteiger charge is -2.39. The first-order chi connectivity index (χ1) is 10.1. The van der Waals surface area contributed by atoms with Crippen LogP contribution in [0, 0.1) is 0 Å². The van der Waals surface area contributed by atoms with Crippen LogP contribution in [0.2, 0.25) is 0 Å². The van der Waals surface area contributed by atoms with Crippen LogP contribution in [-0.4, -0.2) is 56.7 Å². The lowest BCUT2D eigenvalue weighted by molar-refractivity contribution is -0.134. The molecule has 0 saturated carbocycles. The second-order valence-electron chi connectivity index (χ2n) is 5.59. The largest absolute Gasteiger partial charge is 0.383 e. The third kappa shape index (κ3) is 5.84. The van der Waals surface area contributed by atoms with Gasteiger partial charge in [0.05, 0.1) is 6.61 Å². The lowest BCUT2D eigenvalue weighted by atomic mass is 10.0. The molecule has 7 heteroatoms. The molecular weight excluding hydrogens is 337 g/mol. The van der Waals surface area contributed by atoms with Gasteiger partial charge in [-0.3, -0.25) is 4.79 Å². The number of methoxy groups -OCH3 is 1. The van der Waals surface area contributed by atoms with Crippen molar-refractivity contribution >= 4 is 36.4 Å². The van der Waals surface area contributed by atoms with E-state index in [2.05, 4.69) is 17.0 Å². The predicted octanol–water partition coefficient (Wildman–Crippen LogP) is 1.93. The van der Waals surface area contributed by atoms with Crippen LogP contribution in [-0.2, 0) is 9.53 Å². The Balaban J connectivity index is 0.00000242. The van der Waals surface area contributed by atoms with Gasteiger partial charge in [-0.15, -0.1) is 24.8 Å². The fourth-order valence-electron chi connectivity index (χ4n) is 2.84. The number of amides is 1. The van der Waals surface area contributed by atoms with E-state index in [0.29, 0.717) is 0 Å². The third-order valence-corrected chi connectivity index (χ3v) is 4.08. The summed E-state index contributed by atoms with van der Waals surface area (Å²) in [5, 5.41) is 0. The molecule has 132 valence electrons. The average molecular weight is 364 g/mol. The number of carbonyl (C=O) groups is 1. The maximum Gasteiger partial charge on any atom is 0.241 e. The molecule has 0 spiro atoms. The van der Waals surface area contributed by atoms with Crippen LogP contribution >= 0.6 is 24.8 Å². The Morgan fingerprint density at radius 2 is 2.04 bits per heavy atom. The van der Waals surface area contributed by atoms with E-state index in [9.17, 15) is 4.79 Å². The van der Waals surface area contributed by atoms with Crippen LogP contribution in [0.25, 0.3) is 0 Å². The van der Waals surface area contributed by atoms with E-state index in [4.69, 9.17) is 10.5 Å². The highest BCUT2D eigenvalue weighted by Gasteiger charge is 2.28. The molecule has 1 aliphatic heterocycles. The highest BCUT2D eigenvalue weighted by molar-refractivity contribution is 5.85. The van der Waals surface area contributed by atoms with E-state index in [-0.39, 0.29) is 43.4 Å². The van der Waals surface area contributed by atoms with Crippen molar-refractivity contribution in [3.05, 3.63) is 30.3 Å².